The summed E-state index contributed by atoms with van der Waals surface area (Å²) in [7, 11) is 1.97. The molecule has 13 heteroatoms. The van der Waals surface area contributed by atoms with Gasteiger partial charge < -0.3 is 9.05 Å². The van der Waals surface area contributed by atoms with Crippen LogP contribution in [0.2, 0.25) is 0 Å². The largest absolute Gasteiger partial charge is 0.361 e. The van der Waals surface area contributed by atoms with E-state index in [2.05, 4.69) is 172 Å². The zero-order chi connectivity index (χ0) is 50.3. The van der Waals surface area contributed by atoms with Crippen molar-refractivity contribution in [1.82, 2.24) is 40.3 Å². The van der Waals surface area contributed by atoms with Gasteiger partial charge in [0.05, 0.1) is 39.0 Å². The number of halogens is 1. The van der Waals surface area contributed by atoms with E-state index in [1.54, 1.807) is 22.7 Å². The molecule has 0 bridgehead atoms. The summed E-state index contributed by atoms with van der Waals surface area (Å²) in [5.74, 6) is 5.93. The zero-order valence-corrected chi connectivity index (χ0v) is 45.7. The van der Waals surface area contributed by atoms with Crippen molar-refractivity contribution in [2.45, 2.75) is 186 Å². The molecule has 0 aliphatic carbocycles. The minimum atomic E-state index is -0.163. The lowest BCUT2D eigenvalue weighted by atomic mass is 10.0. The van der Waals surface area contributed by atoms with Crippen molar-refractivity contribution in [3.63, 3.8) is 0 Å². The number of hydrogen-bond acceptors (Lipinski definition) is 10. The molecule has 366 valence electrons. The highest BCUT2D eigenvalue weighted by atomic mass is 32.1. The number of H-pyrrole nitrogens is 1. The highest BCUT2D eigenvalue weighted by molar-refractivity contribution is 7.10. The molecule has 6 heterocycles. The Kier molecular flexibility index (Phi) is 27.4. The summed E-state index contributed by atoms with van der Waals surface area (Å²) in [6, 6.07) is 14.8. The summed E-state index contributed by atoms with van der Waals surface area (Å²) in [5, 5.41) is 22.3. The molecule has 10 nitrogen and oxygen atoms in total. The Morgan fingerprint density at radius 2 is 1.14 bits per heavy atom. The zero-order valence-electron chi connectivity index (χ0n) is 44.1. The molecule has 1 N–H and O–H groups in total. The first-order valence-electron chi connectivity index (χ1n) is 23.3. The average molecular weight is 947 g/mol. The van der Waals surface area contributed by atoms with E-state index in [9.17, 15) is 4.39 Å². The third kappa shape index (κ3) is 23.1. The van der Waals surface area contributed by atoms with Crippen molar-refractivity contribution in [2.75, 3.05) is 0 Å². The number of nitrogens with one attached hydrogen (secondary N) is 1. The van der Waals surface area contributed by atoms with Gasteiger partial charge in [0.2, 0.25) is 0 Å². The third-order valence-corrected chi connectivity index (χ3v) is 12.1. The molecule has 0 radical (unpaired) electrons. The van der Waals surface area contributed by atoms with Crippen LogP contribution in [-0.4, -0.2) is 40.3 Å². The molecule has 0 fully saturated rings. The van der Waals surface area contributed by atoms with E-state index in [0.29, 0.717) is 47.3 Å². The van der Waals surface area contributed by atoms with Crippen LogP contribution in [-0.2, 0) is 7.05 Å². The molecule has 0 amide bonds. The summed E-state index contributed by atoms with van der Waals surface area (Å²) in [4.78, 5) is 9.70. The van der Waals surface area contributed by atoms with Crippen molar-refractivity contribution in [2.24, 2.45) is 7.05 Å². The van der Waals surface area contributed by atoms with Gasteiger partial charge in [-0.1, -0.05) is 133 Å². The maximum atomic E-state index is 12.4. The van der Waals surface area contributed by atoms with E-state index in [1.807, 2.05) is 66.9 Å². The molecule has 0 saturated heterocycles. The van der Waals surface area contributed by atoms with E-state index in [1.165, 1.54) is 44.7 Å². The molecule has 0 atom stereocenters. The predicted octanol–water partition coefficient (Wildman–Crippen LogP) is 16.5. The number of nitrogens with zero attached hydrogens (tertiary/aromatic N) is 7. The van der Waals surface area contributed by atoms with E-state index in [0.717, 1.165) is 34.3 Å². The molecule has 7 aromatic rings. The molecule has 0 saturated carbocycles. The Bertz CT molecular complexity index is 2190. The topological polar surface area (TPSA) is 124 Å². The Balaban J connectivity index is 0.000000386. The molecule has 0 spiro atoms. The Morgan fingerprint density at radius 3 is 1.39 bits per heavy atom. The lowest BCUT2D eigenvalue weighted by molar-refractivity contribution is 0.363. The van der Waals surface area contributed by atoms with Crippen LogP contribution in [0.3, 0.4) is 0 Å². The van der Waals surface area contributed by atoms with Gasteiger partial charge in [-0.2, -0.15) is 10.2 Å². The van der Waals surface area contributed by atoms with Crippen molar-refractivity contribution in [1.29, 1.82) is 0 Å². The smallest absolute Gasteiger partial charge is 0.139 e. The molecule has 1 aromatic carbocycles. The number of hydrogen-bond donors (Lipinski definition) is 1. The van der Waals surface area contributed by atoms with Gasteiger partial charge in [-0.15, -0.1) is 22.7 Å². The van der Waals surface area contributed by atoms with Crippen LogP contribution < -0.4 is 0 Å². The van der Waals surface area contributed by atoms with Gasteiger partial charge in [0.1, 0.15) is 17.3 Å². The van der Waals surface area contributed by atoms with Gasteiger partial charge in [0.25, 0.3) is 0 Å². The minimum Gasteiger partial charge on any atom is -0.361 e. The average Bonchev–Trinajstić information content (AvgIpc) is 4.10. The quantitative estimate of drug-likeness (QED) is 0.160. The summed E-state index contributed by atoms with van der Waals surface area (Å²) < 4.78 is 24.4. The standard InChI is InChI=1S/C9H11F.C9H15NO.C8H14N2.C7H12N2.C7H11NO.C7H11NS.C6H9NS/c1-7(2)8-3-5-9(10)6-4-8;1-6(2)8-5-9(7(3)4)11-10-8;1-6(2)8-5-7(3)10(4)9-8;2*1-5(2)7-4-6(3)8-9-7;1-5(2)7-6(3)8-4-9-7;1-5(2)6-7-3-4-8-6/h3-7H,1-2H3;5-7H,1-4H3;5-6H,1-4H3;4-5H,1-3H3,(H,8,9);2*4-5H,1-3H3;3-5H,1-2H3. The minimum absolute atomic E-state index is 0.163. The normalized spacial score (nSPS) is 10.8. The van der Waals surface area contributed by atoms with Gasteiger partial charge in [-0.25, -0.2) is 14.4 Å². The van der Waals surface area contributed by atoms with Gasteiger partial charge in [0, 0.05) is 64.8 Å². The van der Waals surface area contributed by atoms with Crippen LogP contribution in [0.15, 0.2) is 74.7 Å². The second kappa shape index (κ2) is 30.5. The van der Waals surface area contributed by atoms with E-state index in [4.69, 9.17) is 9.05 Å². The lowest BCUT2D eigenvalue weighted by Crippen LogP contribution is -1.94. The van der Waals surface area contributed by atoms with Crippen molar-refractivity contribution in [3.8, 4) is 0 Å². The van der Waals surface area contributed by atoms with Gasteiger partial charge in [0.15, 0.2) is 0 Å². The SMILES string of the molecule is CC(C)c1cc(C(C)C)on1.CC(C)c1ccc(F)cc1.CC(C)c1nccs1.Cc1cc(C(C)C)n[nH]1.Cc1cc(C(C)C)nn1C.Cc1cc(C(C)C)on1.Cc1ncsc1C(C)C. The van der Waals surface area contributed by atoms with Crippen LogP contribution >= 0.6 is 22.7 Å². The summed E-state index contributed by atoms with van der Waals surface area (Å²) in [6.45, 7) is 42.1. The van der Waals surface area contributed by atoms with Crippen LogP contribution in [0.25, 0.3) is 0 Å². The first kappa shape index (κ1) is 59.3. The van der Waals surface area contributed by atoms with Gasteiger partial charge in [-0.3, -0.25) is 9.78 Å². The van der Waals surface area contributed by atoms with Crippen LogP contribution in [0.1, 0.15) is 225 Å². The van der Waals surface area contributed by atoms with E-state index >= 15 is 0 Å². The molecule has 0 aliphatic rings. The number of thiazole rings is 2. The van der Waals surface area contributed by atoms with Crippen molar-refractivity contribution in [3.05, 3.63) is 138 Å². The Labute approximate surface area is 405 Å². The maximum Gasteiger partial charge on any atom is 0.139 e. The molecule has 66 heavy (non-hydrogen) atoms. The molecule has 7 rings (SSSR count). The number of aromatic amines is 1. The number of aromatic nitrogens is 8. The summed E-state index contributed by atoms with van der Waals surface area (Å²) in [5.41, 5.74) is 11.0. The molecule has 0 unspecified atom stereocenters. The van der Waals surface area contributed by atoms with Crippen molar-refractivity contribution >= 4 is 22.7 Å². The van der Waals surface area contributed by atoms with Crippen LogP contribution in [0.4, 0.5) is 4.39 Å². The van der Waals surface area contributed by atoms with Crippen LogP contribution in [0, 0.1) is 33.5 Å². The predicted molar refractivity (Wildman–Crippen MR) is 277 cm³/mol. The summed E-state index contributed by atoms with van der Waals surface area (Å²) in [6.07, 6.45) is 1.85. The first-order chi connectivity index (χ1) is 30.8. The van der Waals surface area contributed by atoms with E-state index in [-0.39, 0.29) is 5.82 Å². The van der Waals surface area contributed by atoms with Crippen molar-refractivity contribution < 1.29 is 13.4 Å². The van der Waals surface area contributed by atoms with Crippen LogP contribution in [0.5, 0.6) is 0 Å². The Hall–Kier alpha value is -4.75. The molecule has 6 aromatic heterocycles. The first-order valence-corrected chi connectivity index (χ1v) is 25.1. The number of rotatable bonds is 8. The summed E-state index contributed by atoms with van der Waals surface area (Å²) >= 11 is 3.47. The fourth-order valence-corrected chi connectivity index (χ4v) is 6.82. The van der Waals surface area contributed by atoms with Gasteiger partial charge >= 0.3 is 0 Å². The highest BCUT2D eigenvalue weighted by Crippen LogP contribution is 2.22. The third-order valence-electron chi connectivity index (χ3n) is 9.75. The number of aryl methyl sites for hydroxylation is 5. The molecular weight excluding hydrogens is 864 g/mol. The Morgan fingerprint density at radius 1 is 0.576 bits per heavy atom. The molecular formula is C53H83FN8O2S2. The maximum absolute atomic E-state index is 12.4. The van der Waals surface area contributed by atoms with Gasteiger partial charge in [-0.05, 0) is 87.1 Å². The fraction of sp³-hybridized carbons (Fsp3) is 0.547. The second-order valence-corrected chi connectivity index (χ2v) is 20.6. The fourth-order valence-electron chi connectivity index (χ4n) is 5.34. The molecule has 0 aliphatic heterocycles. The monoisotopic (exact) mass is 947 g/mol. The lowest BCUT2D eigenvalue weighted by Gasteiger charge is -2.02. The highest BCUT2D eigenvalue weighted by Gasteiger charge is 2.10. The van der Waals surface area contributed by atoms with E-state index < -0.39 is 0 Å². The number of benzene rings is 1. The second-order valence-electron chi connectivity index (χ2n) is 18.8.